The van der Waals surface area contributed by atoms with Crippen LogP contribution in [-0.4, -0.2) is 5.48 Å². The molecule has 1 radical (unpaired) electrons. The number of aryl methyl sites for hydroxylation is 1. The van der Waals surface area contributed by atoms with Gasteiger partial charge in [0.05, 0.1) is 0 Å². The Morgan fingerprint density at radius 1 is 1.27 bits per heavy atom. The van der Waals surface area contributed by atoms with E-state index in [9.17, 15) is 0 Å². The van der Waals surface area contributed by atoms with Gasteiger partial charge in [0.15, 0.2) is 0 Å². The monoisotopic (exact) mass is 396 g/mol. The van der Waals surface area contributed by atoms with Crippen LogP contribution < -0.4 is 0 Å². The molecular formula is C8H11OWY-. The van der Waals surface area contributed by atoms with Crippen LogP contribution in [0.4, 0.5) is 0 Å². The summed E-state index contributed by atoms with van der Waals surface area (Å²) in [5.74, 6) is 0. The molecule has 0 bridgehead atoms. The first-order chi connectivity index (χ1) is 3.79. The third-order valence-corrected chi connectivity index (χ3v) is 1.08. The van der Waals surface area contributed by atoms with Gasteiger partial charge >= 0.3 is 0 Å². The second kappa shape index (κ2) is 8.93. The Balaban J connectivity index is -0.000000213. The zero-order chi connectivity index (χ0) is 5.98. The molecule has 3 heteroatoms. The van der Waals surface area contributed by atoms with Crippen LogP contribution in [0.25, 0.3) is 0 Å². The molecule has 59 valence electrons. The van der Waals surface area contributed by atoms with Crippen LogP contribution in [0, 0.1) is 13.8 Å². The molecule has 1 rings (SSSR count). The Morgan fingerprint density at radius 3 is 2.09 bits per heavy atom. The zero-order valence-electron chi connectivity index (χ0n) is 6.50. The minimum absolute atomic E-state index is 0. The predicted octanol–water partition coefficient (Wildman–Crippen LogP) is 1.35. The van der Waals surface area contributed by atoms with Gasteiger partial charge in [-0.3, -0.25) is 0 Å². The topological polar surface area (TPSA) is 31.5 Å². The standard InChI is InChI=1S/C8H9.H2O.W.Y/c1-7-4-3-5-8(2)6-7;;;/h3-6H,1H2,2H3;1H2;;/q-1;;;. The van der Waals surface area contributed by atoms with Gasteiger partial charge in [0.1, 0.15) is 0 Å². The summed E-state index contributed by atoms with van der Waals surface area (Å²) in [5.41, 5.74) is 2.36. The summed E-state index contributed by atoms with van der Waals surface area (Å²) in [5, 5.41) is 0. The number of hydrogen-bond donors (Lipinski definition) is 0. The third-order valence-electron chi connectivity index (χ3n) is 1.08. The van der Waals surface area contributed by atoms with E-state index in [1.54, 1.807) is 0 Å². The zero-order valence-corrected chi connectivity index (χ0v) is 12.3. The Labute approximate surface area is 107 Å². The molecule has 0 heterocycles. The average Bonchev–Trinajstić information content (AvgIpc) is 1.64. The first-order valence-electron chi connectivity index (χ1n) is 2.67. The molecule has 0 aliphatic rings. The minimum Gasteiger partial charge on any atom is -0.412 e. The summed E-state index contributed by atoms with van der Waals surface area (Å²) in [6.45, 7) is 5.85. The van der Waals surface area contributed by atoms with Gasteiger partial charge in [-0.1, -0.05) is 13.0 Å². The summed E-state index contributed by atoms with van der Waals surface area (Å²) in [4.78, 5) is 0. The van der Waals surface area contributed by atoms with E-state index in [2.05, 4.69) is 26.0 Å². The summed E-state index contributed by atoms with van der Waals surface area (Å²) < 4.78 is 0. The van der Waals surface area contributed by atoms with Crippen molar-refractivity contribution < 1.29 is 59.3 Å². The molecular weight excluding hydrogens is 385 g/mol. The third kappa shape index (κ3) is 7.21. The van der Waals surface area contributed by atoms with Gasteiger partial charge in [-0.2, -0.15) is 24.6 Å². The van der Waals surface area contributed by atoms with Crippen molar-refractivity contribution in [2.75, 3.05) is 0 Å². The average molecular weight is 396 g/mol. The van der Waals surface area contributed by atoms with Crippen LogP contribution in [0.1, 0.15) is 11.1 Å². The molecule has 0 spiro atoms. The van der Waals surface area contributed by atoms with Crippen molar-refractivity contribution in [2.45, 2.75) is 6.92 Å². The van der Waals surface area contributed by atoms with Crippen molar-refractivity contribution in [1.82, 2.24) is 0 Å². The van der Waals surface area contributed by atoms with Gasteiger partial charge < -0.3 is 5.48 Å². The van der Waals surface area contributed by atoms with E-state index in [0.717, 1.165) is 5.56 Å². The molecule has 0 saturated heterocycles. The first kappa shape index (κ1) is 17.8. The summed E-state index contributed by atoms with van der Waals surface area (Å²) >= 11 is 0. The van der Waals surface area contributed by atoms with Crippen molar-refractivity contribution in [3.05, 3.63) is 42.3 Å². The van der Waals surface area contributed by atoms with E-state index in [-0.39, 0.29) is 59.3 Å². The number of hydrogen-bond acceptors (Lipinski definition) is 0. The van der Waals surface area contributed by atoms with Crippen LogP contribution in [0.5, 0.6) is 0 Å². The molecule has 0 aliphatic heterocycles. The molecule has 1 aromatic rings. The van der Waals surface area contributed by atoms with Crippen LogP contribution >= 0.6 is 0 Å². The van der Waals surface area contributed by atoms with Crippen molar-refractivity contribution in [1.29, 1.82) is 0 Å². The van der Waals surface area contributed by atoms with Crippen molar-refractivity contribution in [3.8, 4) is 0 Å². The molecule has 0 amide bonds. The van der Waals surface area contributed by atoms with E-state index in [1.807, 2.05) is 12.1 Å². The molecule has 0 unspecified atom stereocenters. The van der Waals surface area contributed by atoms with E-state index >= 15 is 0 Å². The van der Waals surface area contributed by atoms with Crippen molar-refractivity contribution >= 4 is 0 Å². The summed E-state index contributed by atoms with van der Waals surface area (Å²) in [7, 11) is 0. The van der Waals surface area contributed by atoms with Crippen LogP contribution in [0.15, 0.2) is 24.3 Å². The fourth-order valence-electron chi connectivity index (χ4n) is 0.712. The Kier molecular flexibility index (Phi) is 14.5. The maximum Gasteiger partial charge on any atom is 0 e. The summed E-state index contributed by atoms with van der Waals surface area (Å²) in [6.07, 6.45) is 0. The quantitative estimate of drug-likeness (QED) is 0.594. The molecule has 2 N–H and O–H groups in total. The van der Waals surface area contributed by atoms with Gasteiger partial charge in [-0.05, 0) is 0 Å². The molecule has 0 atom stereocenters. The fourth-order valence-corrected chi connectivity index (χ4v) is 0.712. The van der Waals surface area contributed by atoms with Gasteiger partial charge in [0.2, 0.25) is 0 Å². The Morgan fingerprint density at radius 2 is 1.82 bits per heavy atom. The molecule has 0 fully saturated rings. The Hall–Kier alpha value is 0.842. The SMILES string of the molecule is O.[CH2-]c1cccc(C)c1.[W].[Y]. The van der Waals surface area contributed by atoms with Gasteiger partial charge in [0.25, 0.3) is 0 Å². The molecule has 0 aromatic heterocycles. The first-order valence-corrected chi connectivity index (χ1v) is 2.67. The van der Waals surface area contributed by atoms with E-state index in [4.69, 9.17) is 0 Å². The van der Waals surface area contributed by atoms with Gasteiger partial charge in [0, 0.05) is 53.8 Å². The Bertz CT molecular complexity index is 174. The second-order valence-corrected chi connectivity index (χ2v) is 1.99. The maximum absolute atomic E-state index is 3.78. The molecule has 11 heavy (non-hydrogen) atoms. The summed E-state index contributed by atoms with van der Waals surface area (Å²) in [6, 6.07) is 8.12. The van der Waals surface area contributed by atoms with E-state index < -0.39 is 0 Å². The maximum atomic E-state index is 3.78. The van der Waals surface area contributed by atoms with E-state index in [1.165, 1.54) is 5.56 Å². The van der Waals surface area contributed by atoms with E-state index in [0.29, 0.717) is 0 Å². The fraction of sp³-hybridized carbons (Fsp3) is 0.125. The molecule has 1 nitrogen and oxygen atoms in total. The molecule has 0 aliphatic carbocycles. The van der Waals surface area contributed by atoms with Crippen LogP contribution in [0.3, 0.4) is 0 Å². The normalized spacial score (nSPS) is 6.64. The van der Waals surface area contributed by atoms with Crippen molar-refractivity contribution in [2.24, 2.45) is 0 Å². The minimum atomic E-state index is 0. The van der Waals surface area contributed by atoms with Crippen LogP contribution in [0.2, 0.25) is 0 Å². The number of rotatable bonds is 0. The predicted molar refractivity (Wildman–Crippen MR) is 39.3 cm³/mol. The largest absolute Gasteiger partial charge is 0.412 e. The molecule has 1 aromatic carbocycles. The van der Waals surface area contributed by atoms with Crippen molar-refractivity contribution in [3.63, 3.8) is 0 Å². The second-order valence-electron chi connectivity index (χ2n) is 1.99. The van der Waals surface area contributed by atoms with Gasteiger partial charge in [-0.15, -0.1) is 11.6 Å². The smallest absolute Gasteiger partial charge is 0 e. The van der Waals surface area contributed by atoms with Crippen LogP contribution in [-0.2, 0) is 53.8 Å². The number of benzene rings is 1. The van der Waals surface area contributed by atoms with Gasteiger partial charge in [-0.25, -0.2) is 0 Å². The molecule has 0 saturated carbocycles.